The summed E-state index contributed by atoms with van der Waals surface area (Å²) >= 11 is 6.20. The van der Waals surface area contributed by atoms with Crippen molar-refractivity contribution in [1.82, 2.24) is 5.32 Å². The summed E-state index contributed by atoms with van der Waals surface area (Å²) in [5, 5.41) is 2.58. The number of aryl methyl sites for hydroxylation is 1. The molecule has 1 aliphatic rings. The summed E-state index contributed by atoms with van der Waals surface area (Å²) in [5.41, 5.74) is 2.27. The summed E-state index contributed by atoms with van der Waals surface area (Å²) in [5.74, 6) is 0.271. The highest BCUT2D eigenvalue weighted by molar-refractivity contribution is 8.26. The van der Waals surface area contributed by atoms with Gasteiger partial charge >= 0.3 is 0 Å². The number of hydrogen-bond acceptors (Lipinski definition) is 4. The Morgan fingerprint density at radius 1 is 1.25 bits per heavy atom. The zero-order chi connectivity index (χ0) is 17.1. The van der Waals surface area contributed by atoms with Crippen molar-refractivity contribution in [2.75, 3.05) is 0 Å². The summed E-state index contributed by atoms with van der Waals surface area (Å²) in [6.45, 7) is 2.02. The van der Waals surface area contributed by atoms with Crippen LogP contribution in [-0.4, -0.2) is 10.2 Å². The van der Waals surface area contributed by atoms with Gasteiger partial charge in [0, 0.05) is 0 Å². The van der Waals surface area contributed by atoms with Crippen molar-refractivity contribution in [3.05, 3.63) is 69.9 Å². The van der Waals surface area contributed by atoms with Crippen LogP contribution in [0.15, 0.2) is 47.4 Å². The summed E-state index contributed by atoms with van der Waals surface area (Å²) in [4.78, 5) is 12.2. The number of carbonyl (C=O) groups is 1. The maximum atomic E-state index is 13.5. The summed E-state index contributed by atoms with van der Waals surface area (Å²) in [6.07, 6.45) is 1.78. The second-order valence-electron chi connectivity index (χ2n) is 5.29. The molecule has 0 spiro atoms. The Hall–Kier alpha value is -2.18. The molecule has 0 unspecified atom stereocenters. The number of halogens is 1. The number of nitrogens with one attached hydrogen (secondary N) is 1. The molecule has 24 heavy (non-hydrogen) atoms. The molecule has 6 heteroatoms. The highest BCUT2D eigenvalue weighted by atomic mass is 32.2. The molecular formula is C18H14FNO2S2. The minimum atomic E-state index is -0.233. The third-order valence-electron chi connectivity index (χ3n) is 3.46. The number of carbonyl (C=O) groups excluding carboxylic acids is 1. The Bertz CT molecular complexity index is 831. The predicted molar refractivity (Wildman–Crippen MR) is 98.2 cm³/mol. The molecule has 3 nitrogen and oxygen atoms in total. The predicted octanol–water partition coefficient (Wildman–Crippen LogP) is 4.20. The molecule has 0 radical (unpaired) electrons. The van der Waals surface area contributed by atoms with Crippen molar-refractivity contribution in [1.29, 1.82) is 0 Å². The van der Waals surface area contributed by atoms with E-state index in [1.165, 1.54) is 17.8 Å². The molecule has 1 saturated heterocycles. The molecule has 3 rings (SSSR count). The van der Waals surface area contributed by atoms with Gasteiger partial charge in [-0.05, 0) is 47.9 Å². The average Bonchev–Trinajstić information content (AvgIpc) is 2.87. The van der Waals surface area contributed by atoms with Gasteiger partial charge in [-0.25, -0.2) is 4.39 Å². The van der Waals surface area contributed by atoms with Gasteiger partial charge in [-0.15, -0.1) is 0 Å². The lowest BCUT2D eigenvalue weighted by Gasteiger charge is -2.07. The van der Waals surface area contributed by atoms with E-state index in [9.17, 15) is 9.18 Å². The van der Waals surface area contributed by atoms with Crippen molar-refractivity contribution in [2.45, 2.75) is 13.5 Å². The van der Waals surface area contributed by atoms with Gasteiger partial charge in [0.15, 0.2) is 0 Å². The standard InChI is InChI=1S/C18H14FNO2S2/c1-11-2-3-13(8-15(11)19)10-22-14-6-4-12(5-7-14)9-16-17(21)20-18(23)24-16/h2-9H,10H2,1H3,(H,20,21,23)/b16-9-. The van der Waals surface area contributed by atoms with E-state index in [1.54, 1.807) is 19.1 Å². The second kappa shape index (κ2) is 7.15. The van der Waals surface area contributed by atoms with Crippen molar-refractivity contribution >= 4 is 40.3 Å². The van der Waals surface area contributed by atoms with E-state index in [4.69, 9.17) is 17.0 Å². The number of ether oxygens (including phenoxy) is 1. The second-order valence-corrected chi connectivity index (χ2v) is 7.01. The van der Waals surface area contributed by atoms with Crippen molar-refractivity contribution < 1.29 is 13.9 Å². The first-order valence-corrected chi connectivity index (χ1v) is 8.46. The van der Waals surface area contributed by atoms with Crippen molar-refractivity contribution in [3.63, 3.8) is 0 Å². The third kappa shape index (κ3) is 4.01. The van der Waals surface area contributed by atoms with E-state index in [0.717, 1.165) is 11.1 Å². The number of hydrogen-bond donors (Lipinski definition) is 1. The van der Waals surface area contributed by atoms with Crippen LogP contribution in [0.5, 0.6) is 5.75 Å². The molecule has 1 aliphatic heterocycles. The van der Waals surface area contributed by atoms with Gasteiger partial charge in [0.2, 0.25) is 0 Å². The molecule has 1 fully saturated rings. The van der Waals surface area contributed by atoms with Gasteiger partial charge in [-0.3, -0.25) is 4.79 Å². The maximum absolute atomic E-state index is 13.5. The normalized spacial score (nSPS) is 15.7. The van der Waals surface area contributed by atoms with Gasteiger partial charge in [-0.1, -0.05) is 48.2 Å². The van der Waals surface area contributed by atoms with Crippen LogP contribution in [0.2, 0.25) is 0 Å². The average molecular weight is 359 g/mol. The Balaban J connectivity index is 1.64. The minimum absolute atomic E-state index is 0.174. The lowest BCUT2D eigenvalue weighted by Crippen LogP contribution is -2.17. The quantitative estimate of drug-likeness (QED) is 0.656. The van der Waals surface area contributed by atoms with Crippen LogP contribution in [0.4, 0.5) is 4.39 Å². The molecule has 0 aliphatic carbocycles. The largest absolute Gasteiger partial charge is 0.489 e. The molecule has 0 bridgehead atoms. The number of rotatable bonds is 4. The molecule has 0 saturated carbocycles. The van der Waals surface area contributed by atoms with Crippen LogP contribution in [0.25, 0.3) is 6.08 Å². The SMILES string of the molecule is Cc1ccc(COc2ccc(/C=C3\SC(=S)NC3=O)cc2)cc1F. The van der Waals surface area contributed by atoms with Gasteiger partial charge in [0.05, 0.1) is 4.91 Å². The third-order valence-corrected chi connectivity index (χ3v) is 4.62. The molecular weight excluding hydrogens is 345 g/mol. The van der Waals surface area contributed by atoms with E-state index in [-0.39, 0.29) is 11.7 Å². The summed E-state index contributed by atoms with van der Waals surface area (Å²) < 4.78 is 19.6. The van der Waals surface area contributed by atoms with Crippen LogP contribution in [-0.2, 0) is 11.4 Å². The number of benzene rings is 2. The summed E-state index contributed by atoms with van der Waals surface area (Å²) in [7, 11) is 0. The van der Waals surface area contributed by atoms with E-state index in [1.807, 2.05) is 30.3 Å². The van der Waals surface area contributed by atoms with E-state index < -0.39 is 0 Å². The highest BCUT2D eigenvalue weighted by Crippen LogP contribution is 2.26. The minimum Gasteiger partial charge on any atom is -0.489 e. The fraction of sp³-hybridized carbons (Fsp3) is 0.111. The Labute approximate surface area is 148 Å². The molecule has 122 valence electrons. The number of amides is 1. The fourth-order valence-electron chi connectivity index (χ4n) is 2.13. The first-order chi connectivity index (χ1) is 11.5. The van der Waals surface area contributed by atoms with Gasteiger partial charge in [0.1, 0.15) is 22.5 Å². The van der Waals surface area contributed by atoms with Gasteiger partial charge < -0.3 is 10.1 Å². The number of thioether (sulfide) groups is 1. The molecule has 0 aromatic heterocycles. The van der Waals surface area contributed by atoms with Gasteiger partial charge in [0.25, 0.3) is 5.91 Å². The Morgan fingerprint density at radius 3 is 2.62 bits per heavy atom. The van der Waals surface area contributed by atoms with Crippen LogP contribution < -0.4 is 10.1 Å². The molecule has 0 atom stereocenters. The van der Waals surface area contributed by atoms with E-state index in [2.05, 4.69) is 5.32 Å². The summed E-state index contributed by atoms with van der Waals surface area (Å²) in [6, 6.07) is 12.4. The molecule has 1 heterocycles. The van der Waals surface area contributed by atoms with Crippen molar-refractivity contribution in [3.8, 4) is 5.75 Å². The highest BCUT2D eigenvalue weighted by Gasteiger charge is 2.21. The van der Waals surface area contributed by atoms with E-state index in [0.29, 0.717) is 27.1 Å². The molecule has 1 N–H and O–H groups in total. The monoisotopic (exact) mass is 359 g/mol. The molecule has 1 amide bonds. The Kier molecular flexibility index (Phi) is 4.97. The fourth-order valence-corrected chi connectivity index (χ4v) is 3.17. The molecule has 2 aromatic rings. The van der Waals surface area contributed by atoms with Crippen LogP contribution in [0, 0.1) is 12.7 Å². The lowest BCUT2D eigenvalue weighted by atomic mass is 10.1. The smallest absolute Gasteiger partial charge is 0.263 e. The first kappa shape index (κ1) is 16.7. The Morgan fingerprint density at radius 2 is 2.00 bits per heavy atom. The maximum Gasteiger partial charge on any atom is 0.263 e. The van der Waals surface area contributed by atoms with Crippen LogP contribution in [0.3, 0.4) is 0 Å². The first-order valence-electron chi connectivity index (χ1n) is 7.24. The number of thiocarbonyl (C=S) groups is 1. The van der Waals surface area contributed by atoms with Gasteiger partial charge in [-0.2, -0.15) is 0 Å². The van der Waals surface area contributed by atoms with Crippen LogP contribution in [0.1, 0.15) is 16.7 Å². The zero-order valence-electron chi connectivity index (χ0n) is 12.8. The molecule has 2 aromatic carbocycles. The topological polar surface area (TPSA) is 38.3 Å². The van der Waals surface area contributed by atoms with E-state index >= 15 is 0 Å². The lowest BCUT2D eigenvalue weighted by molar-refractivity contribution is -0.115. The van der Waals surface area contributed by atoms with Crippen LogP contribution >= 0.6 is 24.0 Å². The zero-order valence-corrected chi connectivity index (χ0v) is 14.5. The van der Waals surface area contributed by atoms with Crippen molar-refractivity contribution in [2.24, 2.45) is 0 Å².